The van der Waals surface area contributed by atoms with Crippen LogP contribution in [-0.4, -0.2) is 13.2 Å². The topological polar surface area (TPSA) is 18.5 Å². The highest BCUT2D eigenvalue weighted by Gasteiger charge is 2.17. The summed E-state index contributed by atoms with van der Waals surface area (Å²) in [5, 5.41) is 0. The van der Waals surface area contributed by atoms with E-state index in [1.165, 1.54) is 15.6 Å². The molecule has 0 saturated heterocycles. The first-order valence-corrected chi connectivity index (χ1v) is 6.41. The van der Waals surface area contributed by atoms with Gasteiger partial charge in [-0.2, -0.15) is 0 Å². The van der Waals surface area contributed by atoms with Gasteiger partial charge in [0, 0.05) is 10.9 Å². The number of rotatable bonds is 0. The molecule has 3 rings (SSSR count). The lowest BCUT2D eigenvalue weighted by Crippen LogP contribution is -2.08. The Morgan fingerprint density at radius 1 is 1.00 bits per heavy atom. The SMILES string of the molecule is BrC1=Cc2cc3c(cc2C1)OCCCCO3. The molecule has 2 nitrogen and oxygen atoms in total. The fraction of sp³-hybridized carbons (Fsp3) is 0.385. The van der Waals surface area contributed by atoms with Crippen LogP contribution in [0.2, 0.25) is 0 Å². The maximum absolute atomic E-state index is 5.73. The van der Waals surface area contributed by atoms with Gasteiger partial charge in [0.05, 0.1) is 13.2 Å². The molecule has 0 saturated carbocycles. The Morgan fingerprint density at radius 3 is 2.44 bits per heavy atom. The number of ether oxygens (including phenoxy) is 2. The van der Waals surface area contributed by atoms with Gasteiger partial charge in [0.2, 0.25) is 0 Å². The molecular weight excluding hydrogens is 268 g/mol. The van der Waals surface area contributed by atoms with Crippen LogP contribution in [0, 0.1) is 0 Å². The van der Waals surface area contributed by atoms with E-state index in [1.807, 2.05) is 0 Å². The molecule has 1 heterocycles. The van der Waals surface area contributed by atoms with Crippen LogP contribution in [0.1, 0.15) is 24.0 Å². The van der Waals surface area contributed by atoms with Crippen LogP contribution < -0.4 is 9.47 Å². The van der Waals surface area contributed by atoms with E-state index in [9.17, 15) is 0 Å². The van der Waals surface area contributed by atoms with E-state index in [-0.39, 0.29) is 0 Å². The highest BCUT2D eigenvalue weighted by Crippen LogP contribution is 2.38. The number of halogens is 1. The third kappa shape index (κ3) is 1.84. The Morgan fingerprint density at radius 2 is 1.69 bits per heavy atom. The molecule has 3 heteroatoms. The van der Waals surface area contributed by atoms with Crippen molar-refractivity contribution >= 4 is 22.0 Å². The molecule has 0 radical (unpaired) electrons. The molecular formula is C13H13BrO2. The zero-order chi connectivity index (χ0) is 11.0. The van der Waals surface area contributed by atoms with Crippen molar-refractivity contribution in [1.82, 2.24) is 0 Å². The maximum Gasteiger partial charge on any atom is 0.161 e. The van der Waals surface area contributed by atoms with Crippen molar-refractivity contribution in [3.05, 3.63) is 27.7 Å². The zero-order valence-corrected chi connectivity index (χ0v) is 10.5. The van der Waals surface area contributed by atoms with Crippen molar-refractivity contribution < 1.29 is 9.47 Å². The molecule has 0 N–H and O–H groups in total. The smallest absolute Gasteiger partial charge is 0.161 e. The number of allylic oxidation sites excluding steroid dienone is 1. The number of benzene rings is 1. The van der Waals surface area contributed by atoms with E-state index in [4.69, 9.17) is 9.47 Å². The molecule has 0 unspecified atom stereocenters. The van der Waals surface area contributed by atoms with E-state index in [2.05, 4.69) is 34.1 Å². The monoisotopic (exact) mass is 280 g/mol. The molecule has 0 amide bonds. The van der Waals surface area contributed by atoms with Crippen molar-refractivity contribution in [1.29, 1.82) is 0 Å². The molecule has 16 heavy (non-hydrogen) atoms. The largest absolute Gasteiger partial charge is 0.490 e. The maximum atomic E-state index is 5.73. The van der Waals surface area contributed by atoms with E-state index >= 15 is 0 Å². The first kappa shape index (κ1) is 10.2. The summed E-state index contributed by atoms with van der Waals surface area (Å²) < 4.78 is 12.7. The summed E-state index contributed by atoms with van der Waals surface area (Å²) in [5.41, 5.74) is 2.56. The lowest BCUT2D eigenvalue weighted by molar-refractivity contribution is 0.223. The minimum Gasteiger partial charge on any atom is -0.490 e. The van der Waals surface area contributed by atoms with Gasteiger partial charge in [0.25, 0.3) is 0 Å². The summed E-state index contributed by atoms with van der Waals surface area (Å²) in [5.74, 6) is 1.78. The van der Waals surface area contributed by atoms with Gasteiger partial charge in [-0.25, -0.2) is 0 Å². The molecule has 1 aromatic rings. The van der Waals surface area contributed by atoms with E-state index in [1.54, 1.807) is 0 Å². The lowest BCUT2D eigenvalue weighted by atomic mass is 10.1. The Labute approximate surface area is 103 Å². The van der Waals surface area contributed by atoms with E-state index in [0.29, 0.717) is 0 Å². The standard InChI is InChI=1S/C13H13BrO2/c14-11-5-9-7-12-13(8-10(9)6-11)16-4-2-1-3-15-12/h5,7-8H,1-4,6H2. The molecule has 0 spiro atoms. The van der Waals surface area contributed by atoms with Crippen LogP contribution in [0.3, 0.4) is 0 Å². The first-order valence-electron chi connectivity index (χ1n) is 5.61. The van der Waals surface area contributed by atoms with E-state index < -0.39 is 0 Å². The quantitative estimate of drug-likeness (QED) is 0.724. The minimum atomic E-state index is 0.792. The normalized spacial score (nSPS) is 18.4. The second-order valence-electron chi connectivity index (χ2n) is 4.17. The van der Waals surface area contributed by atoms with Gasteiger partial charge in [-0.3, -0.25) is 0 Å². The first-order chi connectivity index (χ1) is 7.83. The zero-order valence-electron chi connectivity index (χ0n) is 8.96. The van der Waals surface area contributed by atoms with Crippen molar-refractivity contribution in [2.75, 3.05) is 13.2 Å². The van der Waals surface area contributed by atoms with Gasteiger partial charge in [0.15, 0.2) is 11.5 Å². The molecule has 0 bridgehead atoms. The lowest BCUT2D eigenvalue weighted by Gasteiger charge is -2.17. The van der Waals surface area contributed by atoms with Crippen LogP contribution in [0.25, 0.3) is 6.08 Å². The molecule has 1 aliphatic carbocycles. The highest BCUT2D eigenvalue weighted by molar-refractivity contribution is 9.11. The van der Waals surface area contributed by atoms with Gasteiger partial charge >= 0.3 is 0 Å². The van der Waals surface area contributed by atoms with Crippen LogP contribution in [0.5, 0.6) is 11.5 Å². The number of fused-ring (bicyclic) bond motifs is 2. The molecule has 0 atom stereocenters. The van der Waals surface area contributed by atoms with Crippen LogP contribution in [0.15, 0.2) is 16.6 Å². The van der Waals surface area contributed by atoms with E-state index in [0.717, 1.165) is 44.0 Å². The fourth-order valence-electron chi connectivity index (χ4n) is 2.10. The predicted molar refractivity (Wildman–Crippen MR) is 67.3 cm³/mol. The summed E-state index contributed by atoms with van der Waals surface area (Å²) in [6.45, 7) is 1.59. The van der Waals surface area contributed by atoms with Gasteiger partial charge in [-0.15, -0.1) is 0 Å². The third-order valence-corrected chi connectivity index (χ3v) is 3.44. The Kier molecular flexibility index (Phi) is 2.64. The Balaban J connectivity index is 2.00. The van der Waals surface area contributed by atoms with Crippen molar-refractivity contribution in [2.45, 2.75) is 19.3 Å². The number of hydrogen-bond donors (Lipinski definition) is 0. The van der Waals surface area contributed by atoms with Gasteiger partial charge < -0.3 is 9.47 Å². The van der Waals surface area contributed by atoms with Crippen molar-refractivity contribution in [3.63, 3.8) is 0 Å². The summed E-state index contributed by atoms with van der Waals surface area (Å²) in [6.07, 6.45) is 5.25. The second-order valence-corrected chi connectivity index (χ2v) is 5.19. The van der Waals surface area contributed by atoms with Gasteiger partial charge in [-0.05, 0) is 42.2 Å². The molecule has 0 aromatic heterocycles. The summed E-state index contributed by atoms with van der Waals surface area (Å²) in [6, 6.07) is 4.20. The molecule has 0 fully saturated rings. The van der Waals surface area contributed by atoms with Crippen molar-refractivity contribution in [3.8, 4) is 11.5 Å². The fourth-order valence-corrected chi connectivity index (χ4v) is 2.65. The van der Waals surface area contributed by atoms with Crippen molar-refractivity contribution in [2.24, 2.45) is 0 Å². The Hall–Kier alpha value is -0.960. The van der Waals surface area contributed by atoms with Crippen LogP contribution in [-0.2, 0) is 6.42 Å². The van der Waals surface area contributed by atoms with Gasteiger partial charge in [-0.1, -0.05) is 15.9 Å². The second kappa shape index (κ2) is 4.13. The molecule has 84 valence electrons. The van der Waals surface area contributed by atoms with Crippen LogP contribution >= 0.6 is 15.9 Å². The number of hydrogen-bond acceptors (Lipinski definition) is 2. The molecule has 1 aliphatic heterocycles. The molecule has 2 aliphatic rings. The summed E-state index contributed by atoms with van der Waals surface area (Å²) in [7, 11) is 0. The average Bonchev–Trinajstić information content (AvgIpc) is 2.57. The average molecular weight is 281 g/mol. The third-order valence-electron chi connectivity index (χ3n) is 2.93. The summed E-state index contributed by atoms with van der Waals surface area (Å²) >= 11 is 3.54. The minimum absolute atomic E-state index is 0.792. The summed E-state index contributed by atoms with van der Waals surface area (Å²) in [4.78, 5) is 0. The van der Waals surface area contributed by atoms with Gasteiger partial charge in [0.1, 0.15) is 0 Å². The highest BCUT2D eigenvalue weighted by atomic mass is 79.9. The predicted octanol–water partition coefficient (Wildman–Crippen LogP) is 3.53. The molecule has 1 aromatic carbocycles. The van der Waals surface area contributed by atoms with Crippen LogP contribution in [0.4, 0.5) is 0 Å². The Bertz CT molecular complexity index is 451.